The molecule has 10 heavy (non-hydrogen) atoms. The Labute approximate surface area is 60.2 Å². The number of alkyl halides is 1. The third-order valence-corrected chi connectivity index (χ3v) is 1.13. The summed E-state index contributed by atoms with van der Waals surface area (Å²) in [5, 5.41) is 0. The number of hydrogen-bond donors (Lipinski definition) is 0. The van der Waals surface area contributed by atoms with E-state index in [0.29, 0.717) is 12.0 Å². The normalized spacial score (nSPS) is 14.0. The van der Waals surface area contributed by atoms with E-state index in [9.17, 15) is 8.78 Å². The predicted octanol–water partition coefficient (Wildman–Crippen LogP) is 3.17. The number of hydrogen-bond acceptors (Lipinski definition) is 0. The van der Waals surface area contributed by atoms with Crippen LogP contribution in [0.4, 0.5) is 8.78 Å². The number of halogens is 2. The lowest BCUT2D eigenvalue weighted by atomic mass is 10.2. The Kier molecular flexibility index (Phi) is 4.81. The molecule has 0 aliphatic carbocycles. The van der Waals surface area contributed by atoms with E-state index in [0.717, 1.165) is 0 Å². The highest BCUT2D eigenvalue weighted by molar-refractivity contribution is 5.19. The van der Waals surface area contributed by atoms with Crippen molar-refractivity contribution in [2.45, 2.75) is 20.3 Å². The predicted molar refractivity (Wildman–Crippen MR) is 39.2 cm³/mol. The van der Waals surface area contributed by atoms with Crippen molar-refractivity contribution in [1.82, 2.24) is 0 Å². The van der Waals surface area contributed by atoms with Crippen molar-refractivity contribution < 1.29 is 8.78 Å². The summed E-state index contributed by atoms with van der Waals surface area (Å²) in [6, 6.07) is 0. The summed E-state index contributed by atoms with van der Waals surface area (Å²) in [6.07, 6.45) is 3.40. The first-order valence-electron chi connectivity index (χ1n) is 3.29. The van der Waals surface area contributed by atoms with Gasteiger partial charge in [0, 0.05) is 0 Å². The van der Waals surface area contributed by atoms with Crippen LogP contribution < -0.4 is 0 Å². The van der Waals surface area contributed by atoms with E-state index in [4.69, 9.17) is 0 Å². The van der Waals surface area contributed by atoms with Gasteiger partial charge in [-0.05, 0) is 25.0 Å². The highest BCUT2D eigenvalue weighted by Crippen LogP contribution is 2.06. The van der Waals surface area contributed by atoms with Crippen molar-refractivity contribution in [3.63, 3.8) is 0 Å². The Morgan fingerprint density at radius 2 is 2.10 bits per heavy atom. The van der Waals surface area contributed by atoms with Crippen LogP contribution in [0.5, 0.6) is 0 Å². The first kappa shape index (κ1) is 9.34. The molecular formula is C8H12F2. The van der Waals surface area contributed by atoms with Crippen LogP contribution in [0.1, 0.15) is 20.3 Å². The Morgan fingerprint density at radius 3 is 2.40 bits per heavy atom. The molecular weight excluding hydrogens is 134 g/mol. The van der Waals surface area contributed by atoms with Crippen molar-refractivity contribution in [3.05, 3.63) is 23.6 Å². The van der Waals surface area contributed by atoms with Gasteiger partial charge < -0.3 is 0 Å². The molecule has 0 aliphatic heterocycles. The summed E-state index contributed by atoms with van der Waals surface area (Å²) in [7, 11) is 0. The van der Waals surface area contributed by atoms with Crippen molar-refractivity contribution in [2.24, 2.45) is 0 Å². The summed E-state index contributed by atoms with van der Waals surface area (Å²) in [5.41, 5.74) is 0.711. The Balaban J connectivity index is 4.09. The van der Waals surface area contributed by atoms with Crippen molar-refractivity contribution in [3.8, 4) is 0 Å². The lowest BCUT2D eigenvalue weighted by molar-refractivity contribution is 0.559. The van der Waals surface area contributed by atoms with Crippen LogP contribution in [0.15, 0.2) is 23.6 Å². The van der Waals surface area contributed by atoms with Gasteiger partial charge in [0.2, 0.25) is 0 Å². The average Bonchev–Trinajstić information content (AvgIpc) is 1.86. The quantitative estimate of drug-likeness (QED) is 0.536. The van der Waals surface area contributed by atoms with Crippen molar-refractivity contribution >= 4 is 0 Å². The minimum atomic E-state index is -0.521. The SMILES string of the molecule is CCC(=C/CF)/C=C(\C)F. The van der Waals surface area contributed by atoms with Crippen LogP contribution in [-0.2, 0) is 0 Å². The molecule has 0 spiro atoms. The molecule has 0 bridgehead atoms. The maximum atomic E-state index is 12.2. The molecule has 0 fully saturated rings. The van der Waals surface area contributed by atoms with Gasteiger partial charge in [-0.25, -0.2) is 8.78 Å². The van der Waals surface area contributed by atoms with Gasteiger partial charge in [-0.1, -0.05) is 13.0 Å². The monoisotopic (exact) mass is 146 g/mol. The highest BCUT2D eigenvalue weighted by atomic mass is 19.1. The van der Waals surface area contributed by atoms with Crippen LogP contribution in [0, 0.1) is 0 Å². The fraction of sp³-hybridized carbons (Fsp3) is 0.500. The van der Waals surface area contributed by atoms with E-state index in [2.05, 4.69) is 0 Å². The molecule has 58 valence electrons. The largest absolute Gasteiger partial charge is 0.247 e. The van der Waals surface area contributed by atoms with Crippen LogP contribution >= 0.6 is 0 Å². The summed E-state index contributed by atoms with van der Waals surface area (Å²) in [6.45, 7) is 2.69. The molecule has 0 aliphatic rings. The molecule has 0 aromatic heterocycles. The minimum absolute atomic E-state index is 0.276. The molecule has 0 aromatic rings. The third-order valence-electron chi connectivity index (χ3n) is 1.13. The van der Waals surface area contributed by atoms with Gasteiger partial charge in [-0.15, -0.1) is 0 Å². The summed E-state index contributed by atoms with van der Waals surface area (Å²) in [4.78, 5) is 0. The molecule has 0 saturated carbocycles. The molecule has 0 rings (SSSR count). The molecule has 2 heteroatoms. The van der Waals surface area contributed by atoms with E-state index in [1.165, 1.54) is 19.1 Å². The lowest BCUT2D eigenvalue weighted by Crippen LogP contribution is -1.77. The van der Waals surface area contributed by atoms with Crippen molar-refractivity contribution in [2.75, 3.05) is 6.67 Å². The molecule has 0 N–H and O–H groups in total. The van der Waals surface area contributed by atoms with Gasteiger partial charge in [0.25, 0.3) is 0 Å². The van der Waals surface area contributed by atoms with E-state index >= 15 is 0 Å². The van der Waals surface area contributed by atoms with E-state index < -0.39 is 6.67 Å². The zero-order valence-corrected chi connectivity index (χ0v) is 6.32. The second-order valence-corrected chi connectivity index (χ2v) is 2.02. The van der Waals surface area contributed by atoms with E-state index in [-0.39, 0.29) is 5.83 Å². The minimum Gasteiger partial charge on any atom is -0.247 e. The molecule has 0 atom stereocenters. The summed E-state index contributed by atoms with van der Waals surface area (Å²) >= 11 is 0. The molecule has 0 amide bonds. The fourth-order valence-corrected chi connectivity index (χ4v) is 0.660. The zero-order valence-electron chi connectivity index (χ0n) is 6.32. The molecule has 0 heterocycles. The van der Waals surface area contributed by atoms with Gasteiger partial charge in [-0.2, -0.15) is 0 Å². The van der Waals surface area contributed by atoms with E-state index in [1.807, 2.05) is 6.92 Å². The number of allylic oxidation sites excluding steroid dienone is 4. The van der Waals surface area contributed by atoms with Gasteiger partial charge in [0.05, 0.1) is 5.83 Å². The molecule has 0 radical (unpaired) electrons. The average molecular weight is 146 g/mol. The van der Waals surface area contributed by atoms with Crippen LogP contribution in [-0.4, -0.2) is 6.67 Å². The second kappa shape index (κ2) is 5.15. The van der Waals surface area contributed by atoms with Crippen LogP contribution in [0.2, 0.25) is 0 Å². The highest BCUT2D eigenvalue weighted by Gasteiger charge is 1.89. The number of rotatable bonds is 3. The first-order valence-corrected chi connectivity index (χ1v) is 3.29. The van der Waals surface area contributed by atoms with Crippen LogP contribution in [0.25, 0.3) is 0 Å². The zero-order chi connectivity index (χ0) is 7.98. The lowest BCUT2D eigenvalue weighted by Gasteiger charge is -1.93. The maximum Gasteiger partial charge on any atom is 0.108 e. The standard InChI is InChI=1S/C8H12F2/c1-3-8(4-5-9)6-7(2)10/h4,6H,3,5H2,1-2H3/b7-6+,8-4-. The van der Waals surface area contributed by atoms with E-state index in [1.54, 1.807) is 0 Å². The van der Waals surface area contributed by atoms with Crippen LogP contribution in [0.3, 0.4) is 0 Å². The fourth-order valence-electron chi connectivity index (χ4n) is 0.660. The van der Waals surface area contributed by atoms with Crippen molar-refractivity contribution in [1.29, 1.82) is 0 Å². The molecule has 0 saturated heterocycles. The van der Waals surface area contributed by atoms with Gasteiger partial charge in [0.1, 0.15) is 6.67 Å². The topological polar surface area (TPSA) is 0 Å². The molecule has 0 nitrogen and oxygen atoms in total. The Morgan fingerprint density at radius 1 is 1.50 bits per heavy atom. The summed E-state index contributed by atoms with van der Waals surface area (Å²) < 4.78 is 23.8. The second-order valence-electron chi connectivity index (χ2n) is 2.02. The van der Waals surface area contributed by atoms with Gasteiger partial charge in [0.15, 0.2) is 0 Å². The van der Waals surface area contributed by atoms with Gasteiger partial charge >= 0.3 is 0 Å². The Hall–Kier alpha value is -0.660. The van der Waals surface area contributed by atoms with Gasteiger partial charge in [-0.3, -0.25) is 0 Å². The third kappa shape index (κ3) is 4.24. The maximum absolute atomic E-state index is 12.2. The first-order chi connectivity index (χ1) is 4.70. The molecule has 0 unspecified atom stereocenters. The summed E-state index contributed by atoms with van der Waals surface area (Å²) in [5.74, 6) is -0.276. The Bertz CT molecular complexity index is 141. The smallest absolute Gasteiger partial charge is 0.108 e. The molecule has 0 aromatic carbocycles.